The number of amides is 2. The summed E-state index contributed by atoms with van der Waals surface area (Å²) in [5.74, 6) is -11.5. The maximum atomic E-state index is 14.3. The van der Waals surface area contributed by atoms with Crippen LogP contribution < -0.4 is 15.4 Å². The third kappa shape index (κ3) is 13.8. The van der Waals surface area contributed by atoms with Crippen LogP contribution in [0, 0.1) is 23.3 Å². The van der Waals surface area contributed by atoms with Gasteiger partial charge in [0.1, 0.15) is 12.6 Å². The Balaban J connectivity index is 1.18. The first-order chi connectivity index (χ1) is 27.2. The van der Waals surface area contributed by atoms with Crippen LogP contribution in [0.5, 0.6) is 5.75 Å². The van der Waals surface area contributed by atoms with Crippen molar-refractivity contribution in [2.75, 3.05) is 92.9 Å². The highest BCUT2D eigenvalue weighted by atomic mass is 19.2. The molecular weight excluding hydrogens is 748 g/mol. The number of nitrogens with one attached hydrogen (secondary N) is 2. The predicted molar refractivity (Wildman–Crippen MR) is 192 cm³/mol. The van der Waals surface area contributed by atoms with E-state index < -0.39 is 59.5 Å². The molecule has 2 amide bonds. The first kappa shape index (κ1) is 44.1. The van der Waals surface area contributed by atoms with Gasteiger partial charge >= 0.3 is 12.1 Å². The number of carbonyl (C=O) groups is 3. The van der Waals surface area contributed by atoms with E-state index in [4.69, 9.17) is 33.2 Å². The van der Waals surface area contributed by atoms with Gasteiger partial charge in [-0.2, -0.15) is 8.78 Å². The number of methoxy groups -OCH3 is 1. The van der Waals surface area contributed by atoms with E-state index in [0.29, 0.717) is 52.9 Å². The Kier molecular flexibility index (Phi) is 19.0. The van der Waals surface area contributed by atoms with E-state index in [1.807, 2.05) is 48.5 Å². The van der Waals surface area contributed by atoms with Gasteiger partial charge in [-0.1, -0.05) is 48.5 Å². The molecule has 306 valence electrons. The van der Waals surface area contributed by atoms with Gasteiger partial charge in [0.2, 0.25) is 23.3 Å². The number of fused-ring (bicyclic) bond motifs is 3. The van der Waals surface area contributed by atoms with E-state index in [2.05, 4.69) is 15.4 Å². The number of halogens is 4. The molecule has 3 aromatic rings. The lowest BCUT2D eigenvalue weighted by Crippen LogP contribution is -2.44. The Morgan fingerprint density at radius 2 is 1.16 bits per heavy atom. The van der Waals surface area contributed by atoms with Crippen molar-refractivity contribution in [1.82, 2.24) is 10.6 Å². The Morgan fingerprint density at radius 1 is 0.679 bits per heavy atom. The number of hydrogen-bond acceptors (Lipinski definition) is 11. The smallest absolute Gasteiger partial charge is 0.407 e. The summed E-state index contributed by atoms with van der Waals surface area (Å²) in [5, 5.41) is 4.83. The lowest BCUT2D eigenvalue weighted by Gasteiger charge is -2.19. The van der Waals surface area contributed by atoms with Crippen LogP contribution in [0.1, 0.15) is 29.9 Å². The second-order valence-electron chi connectivity index (χ2n) is 12.2. The zero-order chi connectivity index (χ0) is 40.1. The lowest BCUT2D eigenvalue weighted by atomic mass is 9.98. The Hall–Kier alpha value is -4.65. The van der Waals surface area contributed by atoms with E-state index in [-0.39, 0.29) is 51.4 Å². The molecule has 3 aromatic carbocycles. The summed E-state index contributed by atoms with van der Waals surface area (Å²) in [6.45, 7) is 4.16. The van der Waals surface area contributed by atoms with Crippen molar-refractivity contribution in [3.05, 3.63) is 89.0 Å². The van der Waals surface area contributed by atoms with Crippen molar-refractivity contribution in [2.45, 2.75) is 24.8 Å². The van der Waals surface area contributed by atoms with E-state index in [0.717, 1.165) is 22.3 Å². The number of rotatable bonds is 26. The van der Waals surface area contributed by atoms with Crippen LogP contribution in [-0.4, -0.2) is 117 Å². The molecule has 0 saturated carbocycles. The molecule has 0 spiro atoms. The summed E-state index contributed by atoms with van der Waals surface area (Å²) >= 11 is 0. The molecule has 0 aliphatic heterocycles. The number of benzene rings is 3. The van der Waals surface area contributed by atoms with Crippen molar-refractivity contribution in [3.63, 3.8) is 0 Å². The van der Waals surface area contributed by atoms with Gasteiger partial charge in [-0.3, -0.25) is 4.79 Å². The molecule has 0 unspecified atom stereocenters. The Morgan fingerprint density at radius 3 is 1.68 bits per heavy atom. The molecule has 56 heavy (non-hydrogen) atoms. The summed E-state index contributed by atoms with van der Waals surface area (Å²) < 4.78 is 98.2. The van der Waals surface area contributed by atoms with Crippen LogP contribution in [0.3, 0.4) is 0 Å². The van der Waals surface area contributed by atoms with Gasteiger partial charge in [0.25, 0.3) is 0 Å². The number of ether oxygens (including phenoxy) is 8. The van der Waals surface area contributed by atoms with Crippen molar-refractivity contribution in [2.24, 2.45) is 0 Å². The normalized spacial score (nSPS) is 12.5. The molecule has 0 bridgehead atoms. The molecule has 1 atom stereocenters. The maximum absolute atomic E-state index is 14.3. The minimum Gasteiger partial charge on any atom is -0.449 e. The largest absolute Gasteiger partial charge is 0.449 e. The maximum Gasteiger partial charge on any atom is 0.407 e. The molecule has 4 rings (SSSR count). The fourth-order valence-electron chi connectivity index (χ4n) is 5.59. The zero-order valence-corrected chi connectivity index (χ0v) is 31.0. The highest BCUT2D eigenvalue weighted by molar-refractivity contribution is 5.84. The van der Waals surface area contributed by atoms with Crippen LogP contribution in [0.15, 0.2) is 54.6 Å². The number of alkyl carbamates (subject to hydrolysis) is 1. The number of esters is 1. The zero-order valence-electron chi connectivity index (χ0n) is 31.0. The van der Waals surface area contributed by atoms with Crippen LogP contribution >= 0.6 is 0 Å². The Bertz CT molecular complexity index is 1650. The third-order valence-electron chi connectivity index (χ3n) is 8.34. The fourth-order valence-corrected chi connectivity index (χ4v) is 5.59. The molecule has 0 aromatic heterocycles. The van der Waals surface area contributed by atoms with E-state index in [1.54, 1.807) is 7.11 Å². The number of carbonyl (C=O) groups excluding carboxylic acids is 3. The number of hydrogen-bond donors (Lipinski definition) is 2. The highest BCUT2D eigenvalue weighted by Gasteiger charge is 2.32. The lowest BCUT2D eigenvalue weighted by molar-refractivity contribution is -0.137. The van der Waals surface area contributed by atoms with Gasteiger partial charge in [-0.15, -0.1) is 0 Å². The molecule has 0 saturated heterocycles. The van der Waals surface area contributed by atoms with Gasteiger partial charge in [0.05, 0.1) is 72.7 Å². The van der Waals surface area contributed by atoms with Gasteiger partial charge in [0.15, 0.2) is 11.6 Å². The summed E-state index contributed by atoms with van der Waals surface area (Å²) in [7, 11) is 1.60. The molecule has 13 nitrogen and oxygen atoms in total. The van der Waals surface area contributed by atoms with Crippen LogP contribution in [-0.2, 0) is 42.7 Å². The summed E-state index contributed by atoms with van der Waals surface area (Å²) in [4.78, 5) is 38.6. The monoisotopic (exact) mass is 794 g/mol. The SMILES string of the molecule is COCCOCCOCCOCCOCCOCCNC(=O)CC[C@H](NC(=O)OCC1c2ccccc2-c2ccccc21)C(=O)Oc1c(F)c(F)cc(F)c1F. The van der Waals surface area contributed by atoms with Crippen molar-refractivity contribution < 1.29 is 69.8 Å². The molecule has 2 N–H and O–H groups in total. The average Bonchev–Trinajstić information content (AvgIpc) is 3.52. The van der Waals surface area contributed by atoms with Gasteiger partial charge in [-0.25, -0.2) is 18.4 Å². The van der Waals surface area contributed by atoms with Crippen molar-refractivity contribution >= 4 is 18.0 Å². The van der Waals surface area contributed by atoms with E-state index in [9.17, 15) is 31.9 Å². The molecular formula is C39H46F4N2O11. The quantitative estimate of drug-likeness (QED) is 0.0384. The second-order valence-corrected chi connectivity index (χ2v) is 12.2. The summed E-state index contributed by atoms with van der Waals surface area (Å²) in [6.07, 6.45) is -1.91. The van der Waals surface area contributed by atoms with Gasteiger partial charge in [0, 0.05) is 32.1 Å². The van der Waals surface area contributed by atoms with E-state index >= 15 is 0 Å². The highest BCUT2D eigenvalue weighted by Crippen LogP contribution is 2.44. The molecule has 1 aliphatic rings. The minimum atomic E-state index is -1.95. The standard InChI is InChI=1S/C39H46F4N2O11/c1-49-14-15-51-18-19-53-22-23-54-21-20-52-17-16-50-13-12-44-34(46)11-10-33(38(47)56-37-35(42)31(40)24-32(41)36(37)43)45-39(48)55-25-30-28-8-4-2-6-26(28)27-7-3-5-9-29(27)30/h2-9,24,30,33H,10-23,25H2,1H3,(H,44,46)(H,45,48)/t33-/m0/s1. The van der Waals surface area contributed by atoms with Crippen LogP contribution in [0.25, 0.3) is 11.1 Å². The second kappa shape index (κ2) is 24.1. The third-order valence-corrected chi connectivity index (χ3v) is 8.34. The molecule has 0 heterocycles. The topological polar surface area (TPSA) is 149 Å². The van der Waals surface area contributed by atoms with Crippen molar-refractivity contribution in [1.29, 1.82) is 0 Å². The van der Waals surface area contributed by atoms with Crippen LogP contribution in [0.2, 0.25) is 0 Å². The molecule has 0 fully saturated rings. The first-order valence-electron chi connectivity index (χ1n) is 18.0. The average molecular weight is 795 g/mol. The van der Waals surface area contributed by atoms with E-state index in [1.165, 1.54) is 0 Å². The Labute approximate surface area is 321 Å². The molecule has 0 radical (unpaired) electrons. The fraction of sp³-hybridized carbons (Fsp3) is 0.462. The van der Waals surface area contributed by atoms with Gasteiger partial charge in [-0.05, 0) is 28.7 Å². The minimum absolute atomic E-state index is 0.0464. The van der Waals surface area contributed by atoms with Gasteiger partial charge < -0.3 is 48.5 Å². The van der Waals surface area contributed by atoms with Crippen LogP contribution in [0.4, 0.5) is 22.4 Å². The first-order valence-corrected chi connectivity index (χ1v) is 18.0. The predicted octanol–water partition coefficient (Wildman–Crippen LogP) is 4.68. The molecule has 17 heteroatoms. The molecule has 1 aliphatic carbocycles. The summed E-state index contributed by atoms with van der Waals surface area (Å²) in [5.41, 5.74) is 3.80. The summed E-state index contributed by atoms with van der Waals surface area (Å²) in [6, 6.07) is 13.4. The van der Waals surface area contributed by atoms with Crippen molar-refractivity contribution in [3.8, 4) is 16.9 Å².